The van der Waals surface area contributed by atoms with Crippen LogP contribution in [0.25, 0.3) is 10.1 Å². The quantitative estimate of drug-likeness (QED) is 0.353. The van der Waals surface area contributed by atoms with Crippen LogP contribution in [-0.4, -0.2) is 16.1 Å². The van der Waals surface area contributed by atoms with E-state index in [0.29, 0.717) is 15.8 Å². The molecule has 1 aromatic heterocycles. The molecule has 3 N–H and O–H groups in total. The molecule has 2 unspecified atom stereocenters. The molecule has 1 heterocycles. The maximum absolute atomic E-state index is 13.0. The molecular formula is C24H18F3NO3S. The molecule has 0 bridgehead atoms. The van der Waals surface area contributed by atoms with E-state index >= 15 is 0 Å². The molecule has 0 saturated carbocycles. The summed E-state index contributed by atoms with van der Waals surface area (Å²) in [6.07, 6.45) is -5.65. The summed E-state index contributed by atoms with van der Waals surface area (Å²) in [6.45, 7) is 0. The molecule has 4 nitrogen and oxygen atoms in total. The number of hydrogen-bond acceptors (Lipinski definition) is 4. The van der Waals surface area contributed by atoms with Crippen LogP contribution in [0.1, 0.15) is 38.5 Å². The fourth-order valence-electron chi connectivity index (χ4n) is 3.47. The predicted octanol–water partition coefficient (Wildman–Crippen LogP) is 5.83. The van der Waals surface area contributed by atoms with Gasteiger partial charge in [-0.25, -0.2) is 0 Å². The molecule has 0 saturated heterocycles. The predicted molar refractivity (Wildman–Crippen MR) is 117 cm³/mol. The molecule has 2 atom stereocenters. The molecule has 8 heteroatoms. The zero-order valence-corrected chi connectivity index (χ0v) is 17.3. The van der Waals surface area contributed by atoms with Gasteiger partial charge in [0, 0.05) is 10.1 Å². The minimum atomic E-state index is -4.57. The minimum Gasteiger partial charge on any atom is -0.506 e. The molecule has 0 spiro atoms. The number of hydrogen-bond donors (Lipinski definition) is 3. The Hall–Kier alpha value is -3.36. The summed E-state index contributed by atoms with van der Waals surface area (Å²) in [5.74, 6) is -1.21. The van der Waals surface area contributed by atoms with Crippen LogP contribution in [0.2, 0.25) is 0 Å². The molecule has 3 aromatic carbocycles. The number of aliphatic hydroxyl groups is 1. The Balaban J connectivity index is 1.69. The summed E-state index contributed by atoms with van der Waals surface area (Å²) in [5, 5.41) is 24.2. The first-order chi connectivity index (χ1) is 15.3. The number of benzene rings is 3. The van der Waals surface area contributed by atoms with E-state index < -0.39 is 35.5 Å². The molecule has 0 aliphatic rings. The molecule has 1 amide bonds. The number of nitrogens with one attached hydrogen (secondary N) is 1. The highest BCUT2D eigenvalue weighted by Crippen LogP contribution is 2.41. The van der Waals surface area contributed by atoms with Crippen LogP contribution < -0.4 is 5.32 Å². The van der Waals surface area contributed by atoms with E-state index in [1.807, 2.05) is 0 Å². The first-order valence-electron chi connectivity index (χ1n) is 9.67. The van der Waals surface area contributed by atoms with Gasteiger partial charge >= 0.3 is 6.18 Å². The van der Waals surface area contributed by atoms with Crippen LogP contribution in [0.3, 0.4) is 0 Å². The van der Waals surface area contributed by atoms with E-state index in [4.69, 9.17) is 0 Å². The van der Waals surface area contributed by atoms with E-state index in [1.54, 1.807) is 60.7 Å². The first kappa shape index (κ1) is 21.9. The number of amides is 1. The molecule has 32 heavy (non-hydrogen) atoms. The average molecular weight is 457 g/mol. The summed E-state index contributed by atoms with van der Waals surface area (Å²) < 4.78 is 39.5. The second-order valence-corrected chi connectivity index (χ2v) is 8.26. The Morgan fingerprint density at radius 2 is 1.50 bits per heavy atom. The lowest BCUT2D eigenvalue weighted by atomic mass is 9.95. The Morgan fingerprint density at radius 1 is 0.906 bits per heavy atom. The molecule has 0 aliphatic heterocycles. The minimum absolute atomic E-state index is 0.0464. The highest BCUT2D eigenvalue weighted by Gasteiger charge is 2.32. The van der Waals surface area contributed by atoms with Gasteiger partial charge in [-0.05, 0) is 29.3 Å². The molecule has 4 aromatic rings. The third-order valence-corrected chi connectivity index (χ3v) is 6.26. The zero-order chi connectivity index (χ0) is 22.9. The van der Waals surface area contributed by atoms with Crippen LogP contribution >= 0.6 is 11.3 Å². The van der Waals surface area contributed by atoms with E-state index in [0.717, 1.165) is 23.5 Å². The number of carbonyl (C=O) groups excluding carboxylic acids is 1. The van der Waals surface area contributed by atoms with Crippen molar-refractivity contribution in [2.45, 2.75) is 18.3 Å². The van der Waals surface area contributed by atoms with Crippen LogP contribution in [0, 0.1) is 0 Å². The number of alkyl halides is 3. The van der Waals surface area contributed by atoms with E-state index in [2.05, 4.69) is 5.32 Å². The van der Waals surface area contributed by atoms with Gasteiger partial charge in [0.15, 0.2) is 0 Å². The van der Waals surface area contributed by atoms with Gasteiger partial charge in [-0.15, -0.1) is 11.3 Å². The summed E-state index contributed by atoms with van der Waals surface area (Å²) in [6, 6.07) is 19.7. The largest absolute Gasteiger partial charge is 0.506 e. The van der Waals surface area contributed by atoms with Crippen LogP contribution in [0.4, 0.5) is 13.2 Å². The maximum Gasteiger partial charge on any atom is 0.416 e. The molecule has 4 rings (SSSR count). The Kier molecular flexibility index (Phi) is 5.90. The summed E-state index contributed by atoms with van der Waals surface area (Å²) in [4.78, 5) is 12.9. The molecule has 164 valence electrons. The van der Waals surface area contributed by atoms with Gasteiger partial charge in [-0.2, -0.15) is 13.2 Å². The van der Waals surface area contributed by atoms with Gasteiger partial charge in [-0.1, -0.05) is 60.7 Å². The van der Waals surface area contributed by atoms with Gasteiger partial charge in [-0.3, -0.25) is 4.79 Å². The van der Waals surface area contributed by atoms with Crippen molar-refractivity contribution in [1.82, 2.24) is 5.32 Å². The van der Waals surface area contributed by atoms with Gasteiger partial charge in [0.2, 0.25) is 0 Å². The van der Waals surface area contributed by atoms with Crippen molar-refractivity contribution in [3.05, 3.63) is 100 Å². The van der Waals surface area contributed by atoms with Crippen LogP contribution in [0.5, 0.6) is 5.75 Å². The highest BCUT2D eigenvalue weighted by molar-refractivity contribution is 7.21. The zero-order valence-electron chi connectivity index (χ0n) is 16.5. The lowest BCUT2D eigenvalue weighted by molar-refractivity contribution is -0.137. The van der Waals surface area contributed by atoms with E-state index in [9.17, 15) is 28.2 Å². The molecule has 0 aliphatic carbocycles. The second-order valence-electron chi connectivity index (χ2n) is 7.21. The maximum atomic E-state index is 13.0. The van der Waals surface area contributed by atoms with Crippen molar-refractivity contribution in [3.8, 4) is 5.75 Å². The number of aliphatic hydroxyl groups excluding tert-OH is 1. The number of aromatic hydroxyl groups is 1. The number of rotatable bonds is 5. The number of halogens is 3. The summed E-state index contributed by atoms with van der Waals surface area (Å²) in [7, 11) is 0. The standard InChI is InChI=1S/C24H18F3NO3S/c25-24(26,27)16-11-12-18-17(13-16)21(30)22(32-18)23(31)28-19(14-7-3-1-4-8-14)20(29)15-9-5-2-6-10-15/h1-13,19-20,29-30H,(H,28,31). The Morgan fingerprint density at radius 3 is 2.09 bits per heavy atom. The lowest BCUT2D eigenvalue weighted by Crippen LogP contribution is -2.32. The van der Waals surface area contributed by atoms with Crippen molar-refractivity contribution in [2.24, 2.45) is 0 Å². The Labute approximate surface area is 185 Å². The van der Waals surface area contributed by atoms with Crippen molar-refractivity contribution < 1.29 is 28.2 Å². The molecule has 0 radical (unpaired) electrons. The van der Waals surface area contributed by atoms with Crippen molar-refractivity contribution in [1.29, 1.82) is 0 Å². The summed E-state index contributed by atoms with van der Waals surface area (Å²) in [5.41, 5.74) is 0.306. The molecule has 0 fully saturated rings. The van der Waals surface area contributed by atoms with Crippen molar-refractivity contribution in [3.63, 3.8) is 0 Å². The van der Waals surface area contributed by atoms with Crippen molar-refractivity contribution >= 4 is 27.3 Å². The number of thiophene rings is 1. The van der Waals surface area contributed by atoms with Gasteiger partial charge < -0.3 is 15.5 Å². The second kappa shape index (κ2) is 8.64. The van der Waals surface area contributed by atoms with Crippen molar-refractivity contribution in [2.75, 3.05) is 0 Å². The average Bonchev–Trinajstić information content (AvgIpc) is 3.13. The molecular weight excluding hydrogens is 439 g/mol. The smallest absolute Gasteiger partial charge is 0.416 e. The number of fused-ring (bicyclic) bond motifs is 1. The third-order valence-electron chi connectivity index (χ3n) is 5.10. The van der Waals surface area contributed by atoms with Gasteiger partial charge in [0.1, 0.15) is 16.7 Å². The van der Waals surface area contributed by atoms with Crippen LogP contribution in [0.15, 0.2) is 78.9 Å². The fourth-order valence-corrected chi connectivity index (χ4v) is 4.45. The normalized spacial score (nSPS) is 13.6. The first-order valence-corrected chi connectivity index (χ1v) is 10.5. The van der Waals surface area contributed by atoms with Gasteiger partial charge in [0.05, 0.1) is 11.6 Å². The SMILES string of the molecule is O=C(NC(c1ccccc1)C(O)c1ccccc1)c1sc2ccc(C(F)(F)F)cc2c1O. The van der Waals surface area contributed by atoms with E-state index in [1.165, 1.54) is 6.07 Å². The Bertz CT molecular complexity index is 1240. The highest BCUT2D eigenvalue weighted by atomic mass is 32.1. The topological polar surface area (TPSA) is 69.6 Å². The van der Waals surface area contributed by atoms with Crippen LogP contribution in [-0.2, 0) is 6.18 Å². The lowest BCUT2D eigenvalue weighted by Gasteiger charge is -2.25. The van der Waals surface area contributed by atoms with E-state index in [-0.39, 0.29) is 10.3 Å². The number of carbonyl (C=O) groups is 1. The fraction of sp³-hybridized carbons (Fsp3) is 0.125. The van der Waals surface area contributed by atoms with Gasteiger partial charge in [0.25, 0.3) is 5.91 Å². The summed E-state index contributed by atoms with van der Waals surface area (Å²) >= 11 is 0.885. The third kappa shape index (κ3) is 4.32. The monoisotopic (exact) mass is 457 g/mol.